The summed E-state index contributed by atoms with van der Waals surface area (Å²) in [4.78, 5) is 4.15. The number of nitrogens with two attached hydrogens (primary N) is 1. The molecule has 0 saturated carbocycles. The summed E-state index contributed by atoms with van der Waals surface area (Å²) in [6.45, 7) is 0. The van der Waals surface area contributed by atoms with Crippen LogP contribution in [0.5, 0.6) is 0 Å². The molecule has 0 fully saturated rings. The predicted octanol–water partition coefficient (Wildman–Crippen LogP) is 4.15. The molecule has 0 amide bonds. The van der Waals surface area contributed by atoms with Crippen LogP contribution in [0.1, 0.15) is 0 Å². The maximum atomic E-state index is 6.33. The third kappa shape index (κ3) is 2.54. The molecule has 0 atom stereocenters. The van der Waals surface area contributed by atoms with Crippen molar-refractivity contribution >= 4 is 33.3 Å². The van der Waals surface area contributed by atoms with Crippen molar-refractivity contribution in [1.29, 1.82) is 0 Å². The zero-order chi connectivity index (χ0) is 15.0. The van der Waals surface area contributed by atoms with Crippen molar-refractivity contribution in [3.05, 3.63) is 52.2 Å². The molecule has 4 nitrogen and oxygen atoms in total. The topological polar surface area (TPSA) is 56.7 Å². The lowest BCUT2D eigenvalue weighted by atomic mass is 10.0. The highest BCUT2D eigenvalue weighted by Gasteiger charge is 2.19. The Kier molecular flexibility index (Phi) is 3.69. The first kappa shape index (κ1) is 14.1. The van der Waals surface area contributed by atoms with Crippen LogP contribution in [0.15, 0.2) is 47.2 Å². The van der Waals surface area contributed by atoms with Gasteiger partial charge in [0.25, 0.3) is 0 Å². The number of benzene rings is 1. The van der Waals surface area contributed by atoms with E-state index in [0.717, 1.165) is 26.9 Å². The summed E-state index contributed by atoms with van der Waals surface area (Å²) in [5.74, 6) is 0.578. The molecule has 0 saturated heterocycles. The van der Waals surface area contributed by atoms with Gasteiger partial charge >= 0.3 is 0 Å². The van der Waals surface area contributed by atoms with Gasteiger partial charge in [-0.2, -0.15) is 5.10 Å². The van der Waals surface area contributed by atoms with Crippen LogP contribution in [0.3, 0.4) is 0 Å². The van der Waals surface area contributed by atoms with E-state index < -0.39 is 0 Å². The third-order valence-corrected chi connectivity index (χ3v) is 4.05. The SMILES string of the molecule is Cn1nc(-c2cc(Br)ccc2Cl)c(-c2cccnc2)c1N. The number of aryl methyl sites for hydroxylation is 1. The van der Waals surface area contributed by atoms with Crippen molar-refractivity contribution in [2.45, 2.75) is 0 Å². The molecule has 0 aliphatic rings. The van der Waals surface area contributed by atoms with E-state index in [9.17, 15) is 0 Å². The minimum Gasteiger partial charge on any atom is -0.383 e. The van der Waals surface area contributed by atoms with E-state index in [1.165, 1.54) is 0 Å². The number of rotatable bonds is 2. The summed E-state index contributed by atoms with van der Waals surface area (Å²) in [6, 6.07) is 9.48. The van der Waals surface area contributed by atoms with Gasteiger partial charge in [0.15, 0.2) is 0 Å². The molecule has 0 spiro atoms. The van der Waals surface area contributed by atoms with Crippen molar-refractivity contribution in [2.75, 3.05) is 5.73 Å². The van der Waals surface area contributed by atoms with E-state index in [1.54, 1.807) is 17.1 Å². The lowest BCUT2D eigenvalue weighted by Gasteiger charge is -2.06. The molecule has 0 aliphatic heterocycles. The largest absolute Gasteiger partial charge is 0.383 e. The Bertz CT molecular complexity index is 799. The van der Waals surface area contributed by atoms with E-state index >= 15 is 0 Å². The Labute approximate surface area is 135 Å². The Morgan fingerprint density at radius 1 is 1.29 bits per heavy atom. The highest BCUT2D eigenvalue weighted by Crippen LogP contribution is 2.39. The second kappa shape index (κ2) is 5.50. The van der Waals surface area contributed by atoms with Crippen molar-refractivity contribution in [3.8, 4) is 22.4 Å². The molecular weight excluding hydrogens is 352 g/mol. The van der Waals surface area contributed by atoms with Gasteiger partial charge in [0.05, 0.1) is 10.6 Å². The molecular formula is C15H12BrClN4. The summed E-state index contributed by atoms with van der Waals surface area (Å²) in [7, 11) is 1.81. The molecule has 21 heavy (non-hydrogen) atoms. The predicted molar refractivity (Wildman–Crippen MR) is 89.0 cm³/mol. The molecule has 3 aromatic rings. The number of aromatic nitrogens is 3. The number of halogens is 2. The van der Waals surface area contributed by atoms with Gasteiger partial charge in [-0.1, -0.05) is 33.6 Å². The van der Waals surface area contributed by atoms with Crippen LogP contribution in [0, 0.1) is 0 Å². The fraction of sp³-hybridized carbons (Fsp3) is 0.0667. The second-order valence-corrected chi connectivity index (χ2v) is 5.92. The van der Waals surface area contributed by atoms with Crippen LogP contribution in [-0.2, 0) is 7.05 Å². The summed E-state index contributed by atoms with van der Waals surface area (Å²) < 4.78 is 2.58. The Hall–Kier alpha value is -1.85. The quantitative estimate of drug-likeness (QED) is 0.744. The average Bonchev–Trinajstić information content (AvgIpc) is 2.78. The monoisotopic (exact) mass is 362 g/mol. The van der Waals surface area contributed by atoms with E-state index in [1.807, 2.05) is 37.4 Å². The Morgan fingerprint density at radius 3 is 2.81 bits per heavy atom. The van der Waals surface area contributed by atoms with Crippen LogP contribution in [-0.4, -0.2) is 14.8 Å². The molecule has 106 valence electrons. The van der Waals surface area contributed by atoms with Crippen molar-refractivity contribution in [2.24, 2.45) is 7.05 Å². The molecule has 3 rings (SSSR count). The van der Waals surface area contributed by atoms with E-state index in [0.29, 0.717) is 10.8 Å². The minimum absolute atomic E-state index is 0.578. The highest BCUT2D eigenvalue weighted by atomic mass is 79.9. The van der Waals surface area contributed by atoms with Gasteiger partial charge in [0, 0.05) is 35.0 Å². The first-order valence-corrected chi connectivity index (χ1v) is 7.43. The zero-order valence-electron chi connectivity index (χ0n) is 11.2. The van der Waals surface area contributed by atoms with Crippen molar-refractivity contribution in [3.63, 3.8) is 0 Å². The minimum atomic E-state index is 0.578. The third-order valence-electron chi connectivity index (χ3n) is 3.23. The van der Waals surface area contributed by atoms with Gasteiger partial charge in [-0.25, -0.2) is 0 Å². The molecule has 2 N–H and O–H groups in total. The molecule has 2 aromatic heterocycles. The molecule has 0 aliphatic carbocycles. The van der Waals surface area contributed by atoms with Gasteiger partial charge in [0.2, 0.25) is 0 Å². The van der Waals surface area contributed by atoms with Crippen LogP contribution < -0.4 is 5.73 Å². The average molecular weight is 364 g/mol. The lowest BCUT2D eigenvalue weighted by Crippen LogP contribution is -1.98. The first-order chi connectivity index (χ1) is 10.1. The van der Waals surface area contributed by atoms with Gasteiger partial charge in [-0.3, -0.25) is 9.67 Å². The van der Waals surface area contributed by atoms with Crippen LogP contribution in [0.2, 0.25) is 5.02 Å². The zero-order valence-corrected chi connectivity index (χ0v) is 13.6. The number of hydrogen-bond acceptors (Lipinski definition) is 3. The maximum Gasteiger partial charge on any atom is 0.129 e. The van der Waals surface area contributed by atoms with Crippen molar-refractivity contribution in [1.82, 2.24) is 14.8 Å². The van der Waals surface area contributed by atoms with Gasteiger partial charge in [0.1, 0.15) is 11.5 Å². The van der Waals surface area contributed by atoms with E-state index in [4.69, 9.17) is 17.3 Å². The molecule has 6 heteroatoms. The summed E-state index contributed by atoms with van der Waals surface area (Å²) in [5, 5.41) is 5.14. The molecule has 0 unspecified atom stereocenters. The maximum absolute atomic E-state index is 6.33. The molecule has 0 bridgehead atoms. The first-order valence-electron chi connectivity index (χ1n) is 6.26. The standard InChI is InChI=1S/C15H12BrClN4/c1-21-15(18)13(9-3-2-6-19-8-9)14(20-21)11-7-10(16)4-5-12(11)17/h2-8H,18H2,1H3. The number of nitrogens with zero attached hydrogens (tertiary/aromatic N) is 3. The van der Waals surface area contributed by atoms with Crippen LogP contribution in [0.4, 0.5) is 5.82 Å². The van der Waals surface area contributed by atoms with E-state index in [2.05, 4.69) is 26.0 Å². The van der Waals surface area contributed by atoms with Crippen LogP contribution in [0.25, 0.3) is 22.4 Å². The normalized spacial score (nSPS) is 10.8. The molecule has 0 radical (unpaired) electrons. The lowest BCUT2D eigenvalue weighted by molar-refractivity contribution is 0.782. The highest BCUT2D eigenvalue weighted by molar-refractivity contribution is 9.10. The summed E-state index contributed by atoms with van der Waals surface area (Å²) in [5.41, 5.74) is 9.50. The summed E-state index contributed by atoms with van der Waals surface area (Å²) >= 11 is 9.79. The Balaban J connectivity index is 2.29. The fourth-order valence-corrected chi connectivity index (χ4v) is 2.77. The van der Waals surface area contributed by atoms with Gasteiger partial charge in [-0.05, 0) is 24.3 Å². The van der Waals surface area contributed by atoms with Crippen molar-refractivity contribution < 1.29 is 0 Å². The number of nitrogen functional groups attached to an aromatic ring is 1. The number of hydrogen-bond donors (Lipinski definition) is 1. The fourth-order valence-electron chi connectivity index (χ4n) is 2.20. The Morgan fingerprint density at radius 2 is 2.10 bits per heavy atom. The summed E-state index contributed by atoms with van der Waals surface area (Å²) in [6.07, 6.45) is 3.49. The second-order valence-electron chi connectivity index (χ2n) is 4.60. The van der Waals surface area contributed by atoms with Gasteiger partial charge < -0.3 is 5.73 Å². The van der Waals surface area contributed by atoms with E-state index in [-0.39, 0.29) is 0 Å². The number of pyridine rings is 1. The molecule has 1 aromatic carbocycles. The van der Waals surface area contributed by atoms with Crippen LogP contribution >= 0.6 is 27.5 Å². The smallest absolute Gasteiger partial charge is 0.129 e. The van der Waals surface area contributed by atoms with Gasteiger partial charge in [-0.15, -0.1) is 0 Å². The molecule has 2 heterocycles. The number of anilines is 1.